The van der Waals surface area contributed by atoms with E-state index in [1.807, 2.05) is 43.6 Å². The minimum Gasteiger partial charge on any atom is -0.335 e. The maximum atomic E-state index is 13.1. The topological polar surface area (TPSA) is 46.9 Å². The van der Waals surface area contributed by atoms with Crippen LogP contribution in [0, 0.1) is 6.92 Å². The molecule has 0 saturated heterocycles. The van der Waals surface area contributed by atoms with E-state index in [4.69, 9.17) is 0 Å². The van der Waals surface area contributed by atoms with Crippen molar-refractivity contribution in [3.8, 4) is 0 Å². The molecule has 1 N–H and O–H groups in total. The van der Waals surface area contributed by atoms with E-state index >= 15 is 0 Å². The van der Waals surface area contributed by atoms with E-state index in [0.29, 0.717) is 0 Å². The van der Waals surface area contributed by atoms with Gasteiger partial charge in [0, 0.05) is 24.6 Å². The molecule has 1 unspecified atom stereocenters. The lowest BCUT2D eigenvalue weighted by atomic mass is 9.74. The first-order valence-electron chi connectivity index (χ1n) is 9.12. The monoisotopic (exact) mass is 345 g/mol. The molecule has 1 aliphatic rings. The van der Waals surface area contributed by atoms with Crippen LogP contribution in [0.15, 0.2) is 67.0 Å². The standard InChI is InChI=1S/C22H23N3O/c1-17-23-14-16-25(17)15-13-22(12-11-18-7-3-2-4-8-18)19-9-5-6-10-20(19)24-21(22)26/h2-10,14,16H,11-13,15H2,1H3,(H,24,26). The predicted octanol–water partition coefficient (Wildman–Crippen LogP) is 4.10. The van der Waals surface area contributed by atoms with Crippen LogP contribution < -0.4 is 5.32 Å². The molecule has 0 saturated carbocycles. The van der Waals surface area contributed by atoms with Crippen LogP contribution in [0.5, 0.6) is 0 Å². The first-order chi connectivity index (χ1) is 12.7. The van der Waals surface area contributed by atoms with Crippen molar-refractivity contribution in [1.82, 2.24) is 9.55 Å². The fraction of sp³-hybridized carbons (Fsp3) is 0.273. The van der Waals surface area contributed by atoms with Gasteiger partial charge in [-0.2, -0.15) is 0 Å². The van der Waals surface area contributed by atoms with Crippen molar-refractivity contribution < 1.29 is 4.79 Å². The number of hydrogen-bond donors (Lipinski definition) is 1. The number of imidazole rings is 1. The number of carbonyl (C=O) groups is 1. The molecule has 1 aromatic heterocycles. The molecule has 0 radical (unpaired) electrons. The highest BCUT2D eigenvalue weighted by Gasteiger charge is 2.45. The molecular formula is C22H23N3O. The second-order valence-electron chi connectivity index (χ2n) is 6.99. The first-order valence-corrected chi connectivity index (χ1v) is 9.12. The number of rotatable bonds is 6. The summed E-state index contributed by atoms with van der Waals surface area (Å²) in [6.45, 7) is 2.78. The Kier molecular flexibility index (Phi) is 4.33. The van der Waals surface area contributed by atoms with Crippen LogP contribution in [0.25, 0.3) is 0 Å². The lowest BCUT2D eigenvalue weighted by Crippen LogP contribution is -2.36. The summed E-state index contributed by atoms with van der Waals surface area (Å²) in [6, 6.07) is 18.5. The molecule has 4 nitrogen and oxygen atoms in total. The van der Waals surface area contributed by atoms with Gasteiger partial charge in [0.2, 0.25) is 5.91 Å². The molecule has 1 aliphatic heterocycles. The second kappa shape index (κ2) is 6.79. The summed E-state index contributed by atoms with van der Waals surface area (Å²) < 4.78 is 2.12. The molecule has 0 bridgehead atoms. The summed E-state index contributed by atoms with van der Waals surface area (Å²) in [6.07, 6.45) is 6.24. The summed E-state index contributed by atoms with van der Waals surface area (Å²) in [5.41, 5.74) is 2.85. The molecule has 0 spiro atoms. The summed E-state index contributed by atoms with van der Waals surface area (Å²) in [7, 11) is 0. The number of anilines is 1. The van der Waals surface area contributed by atoms with Gasteiger partial charge in [0.05, 0.1) is 5.41 Å². The van der Waals surface area contributed by atoms with Gasteiger partial charge in [-0.05, 0) is 43.4 Å². The SMILES string of the molecule is Cc1nccn1CCC1(CCc2ccccc2)C(=O)Nc2ccccc21. The van der Waals surface area contributed by atoms with Gasteiger partial charge in [-0.15, -0.1) is 0 Å². The first kappa shape index (κ1) is 16.6. The molecule has 4 rings (SSSR count). The van der Waals surface area contributed by atoms with Crippen LogP contribution >= 0.6 is 0 Å². The quantitative estimate of drug-likeness (QED) is 0.731. The third-order valence-corrected chi connectivity index (χ3v) is 5.51. The van der Waals surface area contributed by atoms with E-state index < -0.39 is 5.41 Å². The smallest absolute Gasteiger partial charge is 0.235 e. The van der Waals surface area contributed by atoms with Gasteiger partial charge in [0.1, 0.15) is 5.82 Å². The number of aromatic nitrogens is 2. The van der Waals surface area contributed by atoms with Gasteiger partial charge >= 0.3 is 0 Å². The van der Waals surface area contributed by atoms with Crippen molar-refractivity contribution in [3.05, 3.63) is 83.9 Å². The van der Waals surface area contributed by atoms with Gasteiger partial charge in [-0.25, -0.2) is 4.98 Å². The lowest BCUT2D eigenvalue weighted by Gasteiger charge is -2.28. The minimum absolute atomic E-state index is 0.118. The molecule has 3 aromatic rings. The summed E-state index contributed by atoms with van der Waals surface area (Å²) >= 11 is 0. The molecule has 1 amide bonds. The maximum absolute atomic E-state index is 13.1. The Hall–Kier alpha value is -2.88. The molecule has 132 valence electrons. The Morgan fingerprint density at radius 1 is 1.04 bits per heavy atom. The third kappa shape index (κ3) is 2.92. The number of hydrogen-bond acceptors (Lipinski definition) is 2. The van der Waals surface area contributed by atoms with Gasteiger partial charge in [0.25, 0.3) is 0 Å². The van der Waals surface area contributed by atoms with Crippen molar-refractivity contribution in [1.29, 1.82) is 0 Å². The van der Waals surface area contributed by atoms with Crippen LogP contribution in [0.2, 0.25) is 0 Å². The fourth-order valence-electron chi connectivity index (χ4n) is 3.95. The lowest BCUT2D eigenvalue weighted by molar-refractivity contribution is -0.121. The average Bonchev–Trinajstić information content (AvgIpc) is 3.20. The normalized spacial score (nSPS) is 18.6. The highest BCUT2D eigenvalue weighted by molar-refractivity contribution is 6.06. The van der Waals surface area contributed by atoms with Crippen LogP contribution in [-0.2, 0) is 23.2 Å². The van der Waals surface area contributed by atoms with Crippen molar-refractivity contribution in [2.24, 2.45) is 0 Å². The Bertz CT molecular complexity index is 916. The minimum atomic E-state index is -0.497. The van der Waals surface area contributed by atoms with E-state index in [0.717, 1.165) is 42.9 Å². The zero-order chi connectivity index (χ0) is 18.0. The summed E-state index contributed by atoms with van der Waals surface area (Å²) in [5, 5.41) is 3.11. The number of para-hydroxylation sites is 1. The van der Waals surface area contributed by atoms with E-state index in [2.05, 4.69) is 45.2 Å². The number of nitrogens with zero attached hydrogens (tertiary/aromatic N) is 2. The maximum Gasteiger partial charge on any atom is 0.235 e. The van der Waals surface area contributed by atoms with E-state index in [-0.39, 0.29) is 5.91 Å². The van der Waals surface area contributed by atoms with E-state index in [1.54, 1.807) is 0 Å². The third-order valence-electron chi connectivity index (χ3n) is 5.51. The number of nitrogens with one attached hydrogen (secondary N) is 1. The van der Waals surface area contributed by atoms with Gasteiger partial charge in [-0.1, -0.05) is 48.5 Å². The fourth-order valence-corrected chi connectivity index (χ4v) is 3.95. The molecule has 2 aromatic carbocycles. The van der Waals surface area contributed by atoms with E-state index in [1.165, 1.54) is 5.56 Å². The number of fused-ring (bicyclic) bond motifs is 1. The van der Waals surface area contributed by atoms with Crippen molar-refractivity contribution >= 4 is 11.6 Å². The Balaban J connectivity index is 1.65. The average molecular weight is 345 g/mol. The molecule has 26 heavy (non-hydrogen) atoms. The predicted molar refractivity (Wildman–Crippen MR) is 103 cm³/mol. The van der Waals surface area contributed by atoms with Crippen molar-refractivity contribution in [3.63, 3.8) is 0 Å². The molecule has 4 heteroatoms. The van der Waals surface area contributed by atoms with Gasteiger partial charge in [0.15, 0.2) is 0 Å². The Morgan fingerprint density at radius 2 is 1.81 bits per heavy atom. The largest absolute Gasteiger partial charge is 0.335 e. The number of aryl methyl sites for hydroxylation is 3. The molecule has 2 heterocycles. The summed E-state index contributed by atoms with van der Waals surface area (Å²) in [4.78, 5) is 17.4. The highest BCUT2D eigenvalue weighted by Crippen LogP contribution is 2.43. The molecular weight excluding hydrogens is 322 g/mol. The van der Waals surface area contributed by atoms with Crippen LogP contribution in [-0.4, -0.2) is 15.5 Å². The Labute approximate surface area is 153 Å². The van der Waals surface area contributed by atoms with Crippen LogP contribution in [0.1, 0.15) is 29.8 Å². The molecule has 0 aliphatic carbocycles. The van der Waals surface area contributed by atoms with Gasteiger partial charge < -0.3 is 9.88 Å². The number of carbonyl (C=O) groups excluding carboxylic acids is 1. The zero-order valence-electron chi connectivity index (χ0n) is 15.0. The van der Waals surface area contributed by atoms with Crippen molar-refractivity contribution in [2.75, 3.05) is 5.32 Å². The molecule has 0 fully saturated rings. The van der Waals surface area contributed by atoms with E-state index in [9.17, 15) is 4.79 Å². The van der Waals surface area contributed by atoms with Crippen molar-refractivity contribution in [2.45, 2.75) is 38.1 Å². The van der Waals surface area contributed by atoms with Crippen LogP contribution in [0.4, 0.5) is 5.69 Å². The summed E-state index contributed by atoms with van der Waals surface area (Å²) in [5.74, 6) is 1.10. The number of amides is 1. The Morgan fingerprint density at radius 3 is 2.58 bits per heavy atom. The van der Waals surface area contributed by atoms with Crippen LogP contribution in [0.3, 0.4) is 0 Å². The zero-order valence-corrected chi connectivity index (χ0v) is 15.0. The highest BCUT2D eigenvalue weighted by atomic mass is 16.2. The number of benzene rings is 2. The molecule has 1 atom stereocenters. The van der Waals surface area contributed by atoms with Gasteiger partial charge in [-0.3, -0.25) is 4.79 Å². The second-order valence-corrected chi connectivity index (χ2v) is 6.99.